The van der Waals surface area contributed by atoms with Crippen LogP contribution in [0.2, 0.25) is 0 Å². The molecular weight excluding hydrogens is 240 g/mol. The van der Waals surface area contributed by atoms with Crippen molar-refractivity contribution < 1.29 is 9.53 Å². The maximum atomic E-state index is 11.7. The Morgan fingerprint density at radius 3 is 2.79 bits per heavy atom. The van der Waals surface area contributed by atoms with Gasteiger partial charge in [-0.15, -0.1) is 0 Å². The molecule has 1 aromatic carbocycles. The number of aromatic nitrogens is 2. The topological polar surface area (TPSA) is 44.1 Å². The highest BCUT2D eigenvalue weighted by Crippen LogP contribution is 2.20. The first-order chi connectivity index (χ1) is 9.29. The predicted octanol–water partition coefficient (Wildman–Crippen LogP) is 2.97. The summed E-state index contributed by atoms with van der Waals surface area (Å²) in [6.45, 7) is 2.55. The molecule has 1 unspecified atom stereocenters. The van der Waals surface area contributed by atoms with E-state index >= 15 is 0 Å². The smallest absolute Gasteiger partial charge is 0.306 e. The van der Waals surface area contributed by atoms with Crippen LogP contribution in [-0.2, 0) is 16.1 Å². The molecular formula is C15H18N2O2. The molecule has 0 saturated carbocycles. The third-order valence-corrected chi connectivity index (χ3v) is 2.84. The van der Waals surface area contributed by atoms with Crippen LogP contribution in [0.1, 0.15) is 31.4 Å². The van der Waals surface area contributed by atoms with Gasteiger partial charge in [0.2, 0.25) is 0 Å². The van der Waals surface area contributed by atoms with Crippen LogP contribution in [0.5, 0.6) is 0 Å². The van der Waals surface area contributed by atoms with Crippen LogP contribution in [0.3, 0.4) is 0 Å². The molecule has 1 atom stereocenters. The van der Waals surface area contributed by atoms with E-state index < -0.39 is 0 Å². The molecule has 0 spiro atoms. The van der Waals surface area contributed by atoms with E-state index in [0.717, 1.165) is 12.0 Å². The summed E-state index contributed by atoms with van der Waals surface area (Å²) in [5.74, 6) is -0.156. The van der Waals surface area contributed by atoms with Crippen molar-refractivity contribution in [1.82, 2.24) is 9.55 Å². The maximum absolute atomic E-state index is 11.7. The molecule has 0 amide bonds. The summed E-state index contributed by atoms with van der Waals surface area (Å²) >= 11 is 0. The average molecular weight is 258 g/mol. The lowest BCUT2D eigenvalue weighted by molar-refractivity contribution is -0.150. The Morgan fingerprint density at radius 1 is 1.37 bits per heavy atom. The molecule has 2 rings (SSSR count). The number of carbonyl (C=O) groups is 1. The van der Waals surface area contributed by atoms with Crippen LogP contribution in [0.25, 0.3) is 0 Å². The number of ether oxygens (including phenoxy) is 1. The van der Waals surface area contributed by atoms with Crippen molar-refractivity contribution in [1.29, 1.82) is 0 Å². The largest absolute Gasteiger partial charge is 0.456 e. The van der Waals surface area contributed by atoms with Crippen molar-refractivity contribution in [3.05, 3.63) is 54.6 Å². The van der Waals surface area contributed by atoms with Gasteiger partial charge in [-0.2, -0.15) is 0 Å². The van der Waals surface area contributed by atoms with Crippen molar-refractivity contribution in [3.8, 4) is 0 Å². The van der Waals surface area contributed by atoms with Gasteiger partial charge >= 0.3 is 5.97 Å². The molecule has 0 aliphatic rings. The average Bonchev–Trinajstić information content (AvgIpc) is 2.92. The molecule has 0 aliphatic carbocycles. The fourth-order valence-electron chi connectivity index (χ4n) is 1.89. The zero-order valence-corrected chi connectivity index (χ0v) is 11.0. The first-order valence-electron chi connectivity index (χ1n) is 6.49. The number of esters is 1. The van der Waals surface area contributed by atoms with Crippen LogP contribution in [-0.4, -0.2) is 15.5 Å². The molecule has 0 aliphatic heterocycles. The van der Waals surface area contributed by atoms with Gasteiger partial charge < -0.3 is 9.30 Å². The van der Waals surface area contributed by atoms with Crippen LogP contribution < -0.4 is 0 Å². The molecule has 0 radical (unpaired) electrons. The molecule has 2 aromatic rings. The normalized spacial score (nSPS) is 12.1. The van der Waals surface area contributed by atoms with E-state index in [0.29, 0.717) is 13.0 Å². The van der Waals surface area contributed by atoms with Gasteiger partial charge in [0, 0.05) is 18.8 Å². The Kier molecular flexibility index (Phi) is 4.72. The fraction of sp³-hybridized carbons (Fsp3) is 0.333. The van der Waals surface area contributed by atoms with Gasteiger partial charge in [0.25, 0.3) is 0 Å². The van der Waals surface area contributed by atoms with Gasteiger partial charge in [-0.05, 0) is 12.0 Å². The van der Waals surface area contributed by atoms with Gasteiger partial charge in [-0.1, -0.05) is 37.3 Å². The van der Waals surface area contributed by atoms with Crippen molar-refractivity contribution in [2.45, 2.75) is 32.4 Å². The molecule has 0 bridgehead atoms. The molecule has 1 aromatic heterocycles. The summed E-state index contributed by atoms with van der Waals surface area (Å²) in [5.41, 5.74) is 1.00. The highest BCUT2D eigenvalue weighted by molar-refractivity contribution is 5.69. The first-order valence-corrected chi connectivity index (χ1v) is 6.49. The Morgan fingerprint density at radius 2 is 2.16 bits per heavy atom. The van der Waals surface area contributed by atoms with Crippen molar-refractivity contribution in [2.24, 2.45) is 0 Å². The Hall–Kier alpha value is -2.10. The molecule has 19 heavy (non-hydrogen) atoms. The third kappa shape index (κ3) is 3.95. The lowest BCUT2D eigenvalue weighted by Gasteiger charge is -2.18. The summed E-state index contributed by atoms with van der Waals surface area (Å²) in [6, 6.07) is 9.79. The zero-order chi connectivity index (χ0) is 13.5. The highest BCUT2D eigenvalue weighted by Gasteiger charge is 2.16. The number of imidazole rings is 1. The van der Waals surface area contributed by atoms with Crippen molar-refractivity contribution in [3.63, 3.8) is 0 Å². The quantitative estimate of drug-likeness (QED) is 0.748. The molecule has 4 nitrogen and oxygen atoms in total. The number of benzene rings is 1. The number of rotatable bonds is 6. The summed E-state index contributed by atoms with van der Waals surface area (Å²) in [6.07, 6.45) is 6.29. The van der Waals surface area contributed by atoms with E-state index in [-0.39, 0.29) is 12.1 Å². The number of nitrogens with zero attached hydrogens (tertiary/aromatic N) is 2. The molecule has 0 N–H and O–H groups in total. The monoisotopic (exact) mass is 258 g/mol. The van der Waals surface area contributed by atoms with Crippen LogP contribution >= 0.6 is 0 Å². The van der Waals surface area contributed by atoms with Gasteiger partial charge in [0.15, 0.2) is 0 Å². The Labute approximate surface area is 113 Å². The minimum absolute atomic E-state index is 0.156. The Bertz CT molecular complexity index is 494. The van der Waals surface area contributed by atoms with E-state index in [1.807, 2.05) is 48.0 Å². The molecule has 0 saturated heterocycles. The van der Waals surface area contributed by atoms with E-state index in [1.54, 1.807) is 12.5 Å². The molecule has 100 valence electrons. The zero-order valence-electron chi connectivity index (χ0n) is 11.0. The summed E-state index contributed by atoms with van der Waals surface area (Å²) in [5, 5.41) is 0. The minimum atomic E-state index is -0.269. The Balaban J connectivity index is 2.11. The second kappa shape index (κ2) is 6.73. The van der Waals surface area contributed by atoms with E-state index in [9.17, 15) is 4.79 Å². The van der Waals surface area contributed by atoms with Gasteiger partial charge in [0.05, 0.1) is 12.9 Å². The van der Waals surface area contributed by atoms with Crippen molar-refractivity contribution in [2.75, 3.05) is 0 Å². The van der Waals surface area contributed by atoms with Gasteiger partial charge in [0.1, 0.15) is 6.10 Å². The number of carbonyl (C=O) groups excluding carboxylic acids is 1. The van der Waals surface area contributed by atoms with Crippen LogP contribution in [0.4, 0.5) is 0 Å². The van der Waals surface area contributed by atoms with Crippen LogP contribution in [0, 0.1) is 0 Å². The maximum Gasteiger partial charge on any atom is 0.306 e. The van der Waals surface area contributed by atoms with Crippen LogP contribution in [0.15, 0.2) is 49.1 Å². The van der Waals surface area contributed by atoms with E-state index in [4.69, 9.17) is 4.74 Å². The molecule has 0 fully saturated rings. The molecule has 4 heteroatoms. The first kappa shape index (κ1) is 13.3. The highest BCUT2D eigenvalue weighted by atomic mass is 16.5. The second-order valence-electron chi connectivity index (χ2n) is 4.40. The lowest BCUT2D eigenvalue weighted by atomic mass is 10.1. The summed E-state index contributed by atoms with van der Waals surface area (Å²) in [4.78, 5) is 15.7. The van der Waals surface area contributed by atoms with Gasteiger partial charge in [-0.3, -0.25) is 4.79 Å². The van der Waals surface area contributed by atoms with E-state index in [2.05, 4.69) is 4.98 Å². The molecule has 1 heterocycles. The summed E-state index contributed by atoms with van der Waals surface area (Å²) < 4.78 is 7.48. The second-order valence-corrected chi connectivity index (χ2v) is 4.40. The van der Waals surface area contributed by atoms with Gasteiger partial charge in [-0.25, -0.2) is 4.98 Å². The lowest BCUT2D eigenvalue weighted by Crippen LogP contribution is -2.16. The minimum Gasteiger partial charge on any atom is -0.456 e. The number of hydrogen-bond donors (Lipinski definition) is 0. The third-order valence-electron chi connectivity index (χ3n) is 2.84. The van der Waals surface area contributed by atoms with Crippen molar-refractivity contribution >= 4 is 5.97 Å². The standard InChI is InChI=1S/C15H18N2O2/c1-2-6-15(18)19-14(11-17-10-9-16-12-17)13-7-4-3-5-8-13/h3-5,7-10,12,14H,2,6,11H2,1H3. The van der Waals surface area contributed by atoms with E-state index in [1.165, 1.54) is 0 Å². The SMILES string of the molecule is CCCC(=O)OC(Cn1ccnc1)c1ccccc1. The summed E-state index contributed by atoms with van der Waals surface area (Å²) in [7, 11) is 0. The predicted molar refractivity (Wildman–Crippen MR) is 72.4 cm³/mol. The number of hydrogen-bond acceptors (Lipinski definition) is 3. The fourth-order valence-corrected chi connectivity index (χ4v) is 1.89.